The predicted octanol–water partition coefficient (Wildman–Crippen LogP) is 3.76. The van der Waals surface area contributed by atoms with Gasteiger partial charge in [0.25, 0.3) is 0 Å². The van der Waals surface area contributed by atoms with Gasteiger partial charge in [0.1, 0.15) is 16.1 Å². The molecule has 140 valence electrons. The fourth-order valence-electron chi connectivity index (χ4n) is 3.00. The first-order chi connectivity index (χ1) is 13.1. The Bertz CT molecular complexity index is 935. The van der Waals surface area contributed by atoms with E-state index >= 15 is 0 Å². The second-order valence-electron chi connectivity index (χ2n) is 6.21. The Labute approximate surface area is 166 Å². The highest BCUT2D eigenvalue weighted by molar-refractivity contribution is 6.36. The number of aromatic amines is 1. The van der Waals surface area contributed by atoms with Gasteiger partial charge in [-0.3, -0.25) is 10.1 Å². The molecule has 1 N–H and O–H groups in total. The summed E-state index contributed by atoms with van der Waals surface area (Å²) >= 11 is 12.2. The van der Waals surface area contributed by atoms with Gasteiger partial charge in [-0.05, 0) is 13.0 Å². The third-order valence-electron chi connectivity index (χ3n) is 4.40. The Morgan fingerprint density at radius 3 is 2.52 bits per heavy atom. The first kappa shape index (κ1) is 17.9. The van der Waals surface area contributed by atoms with E-state index in [1.165, 1.54) is 12.4 Å². The minimum Gasteiger partial charge on any atom is -0.483 e. The molecule has 0 aliphatic carbocycles. The minimum atomic E-state index is -0.0266. The van der Waals surface area contributed by atoms with Crippen LogP contribution in [0.4, 0.5) is 5.82 Å². The number of anilines is 1. The number of hydrogen-bond donors (Lipinski definition) is 1. The van der Waals surface area contributed by atoms with E-state index in [1.807, 2.05) is 19.1 Å². The molecule has 4 rings (SSSR count). The van der Waals surface area contributed by atoms with Crippen LogP contribution < -0.4 is 14.4 Å². The van der Waals surface area contributed by atoms with Crippen LogP contribution in [-0.2, 0) is 0 Å². The van der Waals surface area contributed by atoms with Gasteiger partial charge in [-0.15, -0.1) is 0 Å². The van der Waals surface area contributed by atoms with Crippen molar-refractivity contribution in [2.24, 2.45) is 0 Å². The summed E-state index contributed by atoms with van der Waals surface area (Å²) in [7, 11) is 1.60. The maximum Gasteiger partial charge on any atom is 0.212 e. The number of ether oxygens (including phenoxy) is 2. The van der Waals surface area contributed by atoms with E-state index in [0.29, 0.717) is 34.8 Å². The summed E-state index contributed by atoms with van der Waals surface area (Å²) < 4.78 is 11.1. The predicted molar refractivity (Wildman–Crippen MR) is 104 cm³/mol. The van der Waals surface area contributed by atoms with Gasteiger partial charge < -0.3 is 14.4 Å². The summed E-state index contributed by atoms with van der Waals surface area (Å²) in [4.78, 5) is 10.4. The molecule has 0 spiro atoms. The van der Waals surface area contributed by atoms with Crippen molar-refractivity contribution in [3.05, 3.63) is 46.5 Å². The lowest BCUT2D eigenvalue weighted by atomic mass is 10.1. The number of rotatable bonds is 5. The highest BCUT2D eigenvalue weighted by Crippen LogP contribution is 2.37. The molecule has 3 aromatic rings. The Kier molecular flexibility index (Phi) is 4.80. The molecule has 0 amide bonds. The average molecular weight is 406 g/mol. The Morgan fingerprint density at radius 2 is 1.89 bits per heavy atom. The summed E-state index contributed by atoms with van der Waals surface area (Å²) in [6.45, 7) is 3.34. The smallest absolute Gasteiger partial charge is 0.212 e. The first-order valence-electron chi connectivity index (χ1n) is 8.32. The van der Waals surface area contributed by atoms with Crippen LogP contribution in [0.2, 0.25) is 10.0 Å². The first-order valence-corrected chi connectivity index (χ1v) is 9.08. The zero-order chi connectivity index (χ0) is 19.0. The topological polar surface area (TPSA) is 76.2 Å². The molecule has 3 aromatic heterocycles. The normalized spacial score (nSPS) is 14.1. The number of H-pyrrole nitrogens is 1. The Hall–Kier alpha value is -2.51. The number of hydrogen-bond acceptors (Lipinski definition) is 6. The monoisotopic (exact) mass is 405 g/mol. The van der Waals surface area contributed by atoms with Crippen molar-refractivity contribution in [3.63, 3.8) is 0 Å². The zero-order valence-corrected chi connectivity index (χ0v) is 16.3. The van der Waals surface area contributed by atoms with Crippen molar-refractivity contribution < 1.29 is 9.47 Å². The zero-order valence-electron chi connectivity index (χ0n) is 14.7. The molecule has 1 aliphatic heterocycles. The van der Waals surface area contributed by atoms with Crippen LogP contribution in [0.1, 0.15) is 5.69 Å². The number of pyridine rings is 2. The summed E-state index contributed by atoms with van der Waals surface area (Å²) in [6, 6.07) is 3.80. The number of aryl methyl sites for hydroxylation is 1. The summed E-state index contributed by atoms with van der Waals surface area (Å²) in [6.07, 6.45) is 4.79. The van der Waals surface area contributed by atoms with E-state index in [1.54, 1.807) is 13.3 Å². The van der Waals surface area contributed by atoms with E-state index in [2.05, 4.69) is 25.1 Å². The second-order valence-corrected chi connectivity index (χ2v) is 7.03. The lowest BCUT2D eigenvalue weighted by Crippen LogP contribution is -2.54. The fraction of sp³-hybridized carbons (Fsp3) is 0.278. The maximum atomic E-state index is 6.12. The third-order valence-corrected chi connectivity index (χ3v) is 4.94. The molecular weight excluding hydrogens is 389 g/mol. The molecule has 1 aliphatic rings. The molecule has 27 heavy (non-hydrogen) atoms. The van der Waals surface area contributed by atoms with Gasteiger partial charge >= 0.3 is 0 Å². The fourth-order valence-corrected chi connectivity index (χ4v) is 3.46. The molecule has 0 saturated carbocycles. The van der Waals surface area contributed by atoms with Crippen LogP contribution >= 0.6 is 23.2 Å². The SMILES string of the molecule is COc1ccc(-c2c(N3CC(Oc4c(Cl)cncc4Cl)C3)n[nH]c2C)cn1. The van der Waals surface area contributed by atoms with Crippen molar-refractivity contribution in [1.29, 1.82) is 0 Å². The van der Waals surface area contributed by atoms with Gasteiger partial charge in [-0.2, -0.15) is 5.10 Å². The number of halogens is 2. The van der Waals surface area contributed by atoms with Gasteiger partial charge in [-0.25, -0.2) is 4.98 Å². The molecule has 0 aromatic carbocycles. The number of nitrogens with zero attached hydrogens (tertiary/aromatic N) is 4. The highest BCUT2D eigenvalue weighted by Gasteiger charge is 2.33. The Morgan fingerprint density at radius 1 is 1.15 bits per heavy atom. The molecule has 0 unspecified atom stereocenters. The molecule has 1 fully saturated rings. The lowest BCUT2D eigenvalue weighted by molar-refractivity contribution is 0.167. The van der Waals surface area contributed by atoms with Gasteiger partial charge in [0.15, 0.2) is 11.6 Å². The number of nitrogens with one attached hydrogen (secondary N) is 1. The molecule has 0 radical (unpaired) electrons. The highest BCUT2D eigenvalue weighted by atomic mass is 35.5. The van der Waals surface area contributed by atoms with Gasteiger partial charge in [0.2, 0.25) is 5.88 Å². The van der Waals surface area contributed by atoms with Crippen LogP contribution in [0.15, 0.2) is 30.7 Å². The maximum absolute atomic E-state index is 6.12. The molecule has 0 atom stereocenters. The standard InChI is InChI=1S/C18H17Cl2N5O2/c1-10-16(11-3-4-15(26-2)22-5-11)18(24-23-10)25-8-12(9-25)27-17-13(19)6-21-7-14(17)20/h3-7,12H,8-9H2,1-2H3,(H,23,24). The van der Waals surface area contributed by atoms with Crippen LogP contribution in [-0.4, -0.2) is 46.5 Å². The van der Waals surface area contributed by atoms with E-state index in [0.717, 1.165) is 22.6 Å². The molecule has 7 nitrogen and oxygen atoms in total. The average Bonchev–Trinajstić information content (AvgIpc) is 3.01. The third kappa shape index (κ3) is 3.40. The van der Waals surface area contributed by atoms with Gasteiger partial charge in [0.05, 0.1) is 20.2 Å². The minimum absolute atomic E-state index is 0.0266. The molecule has 9 heteroatoms. The van der Waals surface area contributed by atoms with Crippen molar-refractivity contribution in [2.45, 2.75) is 13.0 Å². The van der Waals surface area contributed by atoms with Crippen molar-refractivity contribution in [2.75, 3.05) is 25.1 Å². The van der Waals surface area contributed by atoms with Crippen LogP contribution in [0.3, 0.4) is 0 Å². The van der Waals surface area contributed by atoms with E-state index < -0.39 is 0 Å². The Balaban J connectivity index is 1.50. The van der Waals surface area contributed by atoms with Crippen molar-refractivity contribution >= 4 is 29.0 Å². The number of aromatic nitrogens is 4. The summed E-state index contributed by atoms with van der Waals surface area (Å²) in [5.74, 6) is 1.91. The van der Waals surface area contributed by atoms with Crippen LogP contribution in [0.5, 0.6) is 11.6 Å². The second kappa shape index (κ2) is 7.25. The van der Waals surface area contributed by atoms with E-state index in [-0.39, 0.29) is 6.10 Å². The molecule has 0 bridgehead atoms. The quantitative estimate of drug-likeness (QED) is 0.696. The van der Waals surface area contributed by atoms with E-state index in [4.69, 9.17) is 32.7 Å². The van der Waals surface area contributed by atoms with Crippen LogP contribution in [0, 0.1) is 6.92 Å². The van der Waals surface area contributed by atoms with E-state index in [9.17, 15) is 0 Å². The summed E-state index contributed by atoms with van der Waals surface area (Å²) in [5, 5.41) is 8.32. The van der Waals surface area contributed by atoms with Gasteiger partial charge in [-0.1, -0.05) is 23.2 Å². The molecule has 1 saturated heterocycles. The molecule has 4 heterocycles. The summed E-state index contributed by atoms with van der Waals surface area (Å²) in [5.41, 5.74) is 2.96. The van der Waals surface area contributed by atoms with Crippen molar-refractivity contribution in [3.8, 4) is 22.8 Å². The van der Waals surface area contributed by atoms with Crippen molar-refractivity contribution in [1.82, 2.24) is 20.2 Å². The van der Waals surface area contributed by atoms with Gasteiger partial charge in [0, 0.05) is 41.5 Å². The molecular formula is C18H17Cl2N5O2. The van der Waals surface area contributed by atoms with Crippen LogP contribution in [0.25, 0.3) is 11.1 Å². The lowest BCUT2D eigenvalue weighted by Gasteiger charge is -2.39. The largest absolute Gasteiger partial charge is 0.483 e. The number of methoxy groups -OCH3 is 1.